The monoisotopic (exact) mass is 238 g/mol. The average molecular weight is 238 g/mol. The summed E-state index contributed by atoms with van der Waals surface area (Å²) in [6, 6.07) is 4.76. The van der Waals surface area contributed by atoms with Crippen LogP contribution in [-0.4, -0.2) is 35.8 Å². The van der Waals surface area contributed by atoms with Gasteiger partial charge in [-0.15, -0.1) is 0 Å². The lowest BCUT2D eigenvalue weighted by Crippen LogP contribution is -2.50. The summed E-state index contributed by atoms with van der Waals surface area (Å²) in [5, 5.41) is 20.0. The molecular formula is C11H14N2O4. The Morgan fingerprint density at radius 2 is 2.29 bits per heavy atom. The molecule has 1 aromatic rings. The molecule has 0 aliphatic carbocycles. The predicted octanol–water partition coefficient (Wildman–Crippen LogP) is 1.17. The van der Waals surface area contributed by atoms with Crippen LogP contribution in [0.1, 0.15) is 6.92 Å². The fraction of sp³-hybridized carbons (Fsp3) is 0.455. The van der Waals surface area contributed by atoms with Crippen molar-refractivity contribution < 1.29 is 14.8 Å². The molecule has 1 aliphatic rings. The van der Waals surface area contributed by atoms with E-state index in [1.807, 2.05) is 4.90 Å². The van der Waals surface area contributed by atoms with Crippen LogP contribution in [0.5, 0.6) is 5.75 Å². The van der Waals surface area contributed by atoms with Crippen LogP contribution in [0.2, 0.25) is 0 Å². The van der Waals surface area contributed by atoms with Gasteiger partial charge in [0.25, 0.3) is 0 Å². The fourth-order valence-corrected chi connectivity index (χ4v) is 1.79. The summed E-state index contributed by atoms with van der Waals surface area (Å²) in [6.45, 7) is 3.28. The van der Waals surface area contributed by atoms with E-state index in [0.717, 1.165) is 5.69 Å². The largest absolute Gasteiger partial charge is 0.487 e. The van der Waals surface area contributed by atoms with E-state index in [4.69, 9.17) is 4.74 Å². The number of aliphatic hydroxyl groups is 1. The third kappa shape index (κ3) is 2.31. The van der Waals surface area contributed by atoms with Crippen molar-refractivity contribution in [2.24, 2.45) is 0 Å². The molecule has 17 heavy (non-hydrogen) atoms. The smallest absolute Gasteiger partial charge is 0.311 e. The Kier molecular flexibility index (Phi) is 3.14. The molecule has 1 aromatic carbocycles. The highest BCUT2D eigenvalue weighted by Crippen LogP contribution is 2.33. The molecule has 1 heterocycles. The molecule has 0 saturated carbocycles. The van der Waals surface area contributed by atoms with Crippen molar-refractivity contribution in [1.82, 2.24) is 0 Å². The number of hydrogen-bond acceptors (Lipinski definition) is 5. The zero-order valence-electron chi connectivity index (χ0n) is 9.50. The highest BCUT2D eigenvalue weighted by atomic mass is 16.6. The predicted molar refractivity (Wildman–Crippen MR) is 62.5 cm³/mol. The number of hydrogen-bond donors (Lipinski definition) is 1. The second-order valence-electron chi connectivity index (χ2n) is 3.90. The molecule has 0 aromatic heterocycles. The quantitative estimate of drug-likeness (QED) is 0.629. The number of nitro benzene ring substituents is 1. The Labute approximate surface area is 98.6 Å². The summed E-state index contributed by atoms with van der Waals surface area (Å²) >= 11 is 0. The topological polar surface area (TPSA) is 75.8 Å². The highest BCUT2D eigenvalue weighted by molar-refractivity contribution is 5.60. The highest BCUT2D eigenvalue weighted by Gasteiger charge is 2.26. The molecule has 1 N–H and O–H groups in total. The molecule has 1 fully saturated rings. The summed E-state index contributed by atoms with van der Waals surface area (Å²) in [4.78, 5) is 12.3. The number of aliphatic hydroxyl groups excluding tert-OH is 1. The molecule has 92 valence electrons. The van der Waals surface area contributed by atoms with Gasteiger partial charge in [-0.25, -0.2) is 0 Å². The zero-order chi connectivity index (χ0) is 12.4. The van der Waals surface area contributed by atoms with Crippen LogP contribution < -0.4 is 9.64 Å². The van der Waals surface area contributed by atoms with E-state index in [2.05, 4.69) is 0 Å². The van der Waals surface area contributed by atoms with Crippen LogP contribution in [0.3, 0.4) is 0 Å². The van der Waals surface area contributed by atoms with Gasteiger partial charge in [-0.05, 0) is 13.0 Å². The van der Waals surface area contributed by atoms with E-state index in [1.54, 1.807) is 19.1 Å². The summed E-state index contributed by atoms with van der Waals surface area (Å²) in [7, 11) is 0. The molecule has 2 rings (SSSR count). The normalized spacial score (nSPS) is 15.5. The maximum absolute atomic E-state index is 10.8. The van der Waals surface area contributed by atoms with E-state index < -0.39 is 4.92 Å². The average Bonchev–Trinajstić information content (AvgIpc) is 2.25. The van der Waals surface area contributed by atoms with Crippen LogP contribution in [0.15, 0.2) is 18.2 Å². The van der Waals surface area contributed by atoms with Gasteiger partial charge in [0.2, 0.25) is 0 Å². The van der Waals surface area contributed by atoms with Gasteiger partial charge in [0.15, 0.2) is 5.75 Å². The van der Waals surface area contributed by atoms with Crippen molar-refractivity contribution in [3.8, 4) is 5.75 Å². The van der Waals surface area contributed by atoms with E-state index in [1.165, 1.54) is 6.07 Å². The lowest BCUT2D eigenvalue weighted by atomic mass is 10.1. The molecule has 1 aliphatic heterocycles. The van der Waals surface area contributed by atoms with E-state index in [-0.39, 0.29) is 17.5 Å². The van der Waals surface area contributed by atoms with Crippen LogP contribution >= 0.6 is 0 Å². The zero-order valence-corrected chi connectivity index (χ0v) is 9.50. The molecule has 0 atom stereocenters. The van der Waals surface area contributed by atoms with E-state index >= 15 is 0 Å². The van der Waals surface area contributed by atoms with Gasteiger partial charge in [0, 0.05) is 30.9 Å². The number of nitrogens with zero attached hydrogens (tertiary/aromatic N) is 2. The van der Waals surface area contributed by atoms with Crippen molar-refractivity contribution in [3.05, 3.63) is 28.3 Å². The summed E-state index contributed by atoms with van der Waals surface area (Å²) in [5.74, 6) is 0.274. The minimum absolute atomic E-state index is 0.0309. The van der Waals surface area contributed by atoms with Gasteiger partial charge in [-0.2, -0.15) is 0 Å². The maximum atomic E-state index is 10.8. The van der Waals surface area contributed by atoms with Crippen LogP contribution in [0.25, 0.3) is 0 Å². The third-order valence-corrected chi connectivity index (χ3v) is 2.67. The second kappa shape index (κ2) is 4.58. The molecular weight excluding hydrogens is 224 g/mol. The van der Waals surface area contributed by atoms with Gasteiger partial charge in [0.05, 0.1) is 17.6 Å². The van der Waals surface area contributed by atoms with Gasteiger partial charge >= 0.3 is 5.69 Å². The lowest BCUT2D eigenvalue weighted by Gasteiger charge is -2.37. The molecule has 0 amide bonds. The van der Waals surface area contributed by atoms with Crippen molar-refractivity contribution in [3.63, 3.8) is 0 Å². The maximum Gasteiger partial charge on any atom is 0.311 e. The summed E-state index contributed by atoms with van der Waals surface area (Å²) in [6.07, 6.45) is -0.305. The minimum atomic E-state index is -0.459. The number of β-amino-alcohol motifs (C(OH)–C–C–N with tert-alkyl or cyclic N) is 1. The number of nitro groups is 1. The Morgan fingerprint density at radius 1 is 1.59 bits per heavy atom. The van der Waals surface area contributed by atoms with Gasteiger partial charge in [-0.3, -0.25) is 10.1 Å². The Morgan fingerprint density at radius 3 is 2.82 bits per heavy atom. The van der Waals surface area contributed by atoms with Crippen molar-refractivity contribution >= 4 is 11.4 Å². The van der Waals surface area contributed by atoms with Crippen LogP contribution in [0.4, 0.5) is 11.4 Å². The minimum Gasteiger partial charge on any atom is -0.487 e. The van der Waals surface area contributed by atoms with Gasteiger partial charge in [-0.1, -0.05) is 0 Å². The summed E-state index contributed by atoms with van der Waals surface area (Å²) in [5.41, 5.74) is 0.807. The number of ether oxygens (including phenoxy) is 1. The summed E-state index contributed by atoms with van der Waals surface area (Å²) < 4.78 is 5.25. The molecule has 0 spiro atoms. The number of anilines is 1. The van der Waals surface area contributed by atoms with Crippen molar-refractivity contribution in [2.45, 2.75) is 13.0 Å². The number of benzene rings is 1. The molecule has 6 nitrogen and oxygen atoms in total. The first-order chi connectivity index (χ1) is 8.11. The first-order valence-electron chi connectivity index (χ1n) is 5.46. The molecule has 0 radical (unpaired) electrons. The second-order valence-corrected chi connectivity index (χ2v) is 3.90. The van der Waals surface area contributed by atoms with E-state index in [0.29, 0.717) is 19.7 Å². The molecule has 6 heteroatoms. The SMILES string of the molecule is CCOc1cc(N2CC(O)C2)ccc1[N+](=O)[O-]. The van der Waals surface area contributed by atoms with Crippen LogP contribution in [-0.2, 0) is 0 Å². The fourth-order valence-electron chi connectivity index (χ4n) is 1.79. The Balaban J connectivity index is 2.25. The number of rotatable bonds is 4. The lowest BCUT2D eigenvalue weighted by molar-refractivity contribution is -0.385. The molecule has 0 bridgehead atoms. The third-order valence-electron chi connectivity index (χ3n) is 2.67. The van der Waals surface area contributed by atoms with E-state index in [9.17, 15) is 15.2 Å². The molecule has 0 unspecified atom stereocenters. The van der Waals surface area contributed by atoms with Gasteiger partial charge < -0.3 is 14.7 Å². The van der Waals surface area contributed by atoms with Gasteiger partial charge in [0.1, 0.15) is 0 Å². The van der Waals surface area contributed by atoms with Crippen LogP contribution in [0, 0.1) is 10.1 Å². The first kappa shape index (κ1) is 11.7. The Bertz CT molecular complexity index is 429. The van der Waals surface area contributed by atoms with Crippen molar-refractivity contribution in [1.29, 1.82) is 0 Å². The Hall–Kier alpha value is -1.82. The van der Waals surface area contributed by atoms with Crippen molar-refractivity contribution in [2.75, 3.05) is 24.6 Å². The first-order valence-corrected chi connectivity index (χ1v) is 5.46. The standard InChI is InChI=1S/C11H14N2O4/c1-2-17-11-5-8(12-6-9(14)7-12)3-4-10(11)13(15)16/h3-5,9,14H,2,6-7H2,1H3. The molecule has 1 saturated heterocycles.